The van der Waals surface area contributed by atoms with Crippen LogP contribution in [0.5, 0.6) is 0 Å². The summed E-state index contributed by atoms with van der Waals surface area (Å²) in [5, 5.41) is -3.47. The van der Waals surface area contributed by atoms with Crippen LogP contribution in [-0.2, 0) is 5.38 Å². The summed E-state index contributed by atoms with van der Waals surface area (Å²) in [6.45, 7) is 0. The minimum absolute atomic E-state index is 0.513. The summed E-state index contributed by atoms with van der Waals surface area (Å²) in [5.74, 6) is -0.810. The van der Waals surface area contributed by atoms with Crippen LogP contribution in [0.2, 0.25) is 0 Å². The molecule has 1 rings (SSSR count). The maximum Gasteiger partial charge on any atom is 0.349 e. The van der Waals surface area contributed by atoms with Crippen LogP contribution in [0.1, 0.15) is 5.56 Å². The van der Waals surface area contributed by atoms with Crippen LogP contribution in [0.25, 0.3) is 0 Å². The highest BCUT2D eigenvalue weighted by molar-refractivity contribution is 6.21. The van der Waals surface area contributed by atoms with Crippen LogP contribution in [0.3, 0.4) is 0 Å². The maximum absolute atomic E-state index is 12.2. The third kappa shape index (κ3) is 2.08. The highest BCUT2D eigenvalue weighted by Gasteiger charge is 2.27. The van der Waals surface area contributed by atoms with Crippen LogP contribution in [-0.4, -0.2) is 4.98 Å². The predicted octanol–water partition coefficient (Wildman–Crippen LogP) is 2.51. The van der Waals surface area contributed by atoms with Gasteiger partial charge in [0.2, 0.25) is 5.95 Å². The normalized spacial score (nSPS) is 11.6. The molecule has 0 aliphatic carbocycles. The average molecular weight is 182 g/mol. The molecule has 0 saturated carbocycles. The van der Waals surface area contributed by atoms with Gasteiger partial charge < -0.3 is 0 Å². The third-order valence-corrected chi connectivity index (χ3v) is 1.27. The molecule has 0 fully saturated rings. The molecule has 0 aliphatic rings. The Labute approximate surface area is 65.8 Å². The average Bonchev–Trinajstić information content (AvgIpc) is 1.86. The number of alkyl halides is 3. The monoisotopic (exact) mass is 181 g/mol. The van der Waals surface area contributed by atoms with E-state index in [9.17, 15) is 13.2 Å². The Kier molecular flexibility index (Phi) is 2.04. The lowest BCUT2D eigenvalue weighted by molar-refractivity contribution is 0.0945. The Balaban J connectivity index is 2.99. The number of nitrogens with zero attached hydrogens (tertiary/aromatic N) is 1. The van der Waals surface area contributed by atoms with Crippen molar-refractivity contribution in [2.24, 2.45) is 0 Å². The number of aromatic nitrogens is 1. The van der Waals surface area contributed by atoms with E-state index in [2.05, 4.69) is 16.6 Å². The van der Waals surface area contributed by atoms with Gasteiger partial charge in [-0.3, -0.25) is 0 Å². The zero-order valence-corrected chi connectivity index (χ0v) is 5.95. The van der Waals surface area contributed by atoms with E-state index in [0.29, 0.717) is 6.20 Å². The van der Waals surface area contributed by atoms with Gasteiger partial charge in [0, 0.05) is 6.20 Å². The molecule has 0 amide bonds. The molecule has 0 bridgehead atoms. The van der Waals surface area contributed by atoms with Crippen LogP contribution in [0.15, 0.2) is 18.3 Å². The van der Waals surface area contributed by atoms with Gasteiger partial charge in [0.15, 0.2) is 0 Å². The third-order valence-electron chi connectivity index (χ3n) is 1.05. The van der Waals surface area contributed by atoms with Gasteiger partial charge in [-0.15, -0.1) is 0 Å². The van der Waals surface area contributed by atoms with Gasteiger partial charge in [0.25, 0.3) is 0 Å². The summed E-state index contributed by atoms with van der Waals surface area (Å²) in [6, 6.07) is 1.71. The lowest BCUT2D eigenvalue weighted by Gasteiger charge is -2.05. The van der Waals surface area contributed by atoms with Gasteiger partial charge >= 0.3 is 5.38 Å². The number of rotatable bonds is 1. The molecule has 11 heavy (non-hydrogen) atoms. The topological polar surface area (TPSA) is 12.9 Å². The molecule has 0 unspecified atom stereocenters. The van der Waals surface area contributed by atoms with E-state index in [-0.39, 0.29) is 0 Å². The van der Waals surface area contributed by atoms with E-state index >= 15 is 0 Å². The van der Waals surface area contributed by atoms with Crippen LogP contribution >= 0.6 is 11.6 Å². The predicted molar refractivity (Wildman–Crippen MR) is 33.9 cm³/mol. The van der Waals surface area contributed by atoms with Crippen molar-refractivity contribution in [1.82, 2.24) is 4.98 Å². The standard InChI is InChI=1S/C6H3ClF3N/c7-6(9,10)4-1-2-5(8)11-3-4/h1-3H. The van der Waals surface area contributed by atoms with Crippen molar-refractivity contribution >= 4 is 11.6 Å². The molecule has 0 radical (unpaired) electrons. The number of pyridine rings is 1. The second-order valence-electron chi connectivity index (χ2n) is 1.87. The number of halogens is 4. The lowest BCUT2D eigenvalue weighted by atomic mass is 10.3. The van der Waals surface area contributed by atoms with Gasteiger partial charge in [-0.05, 0) is 23.7 Å². The quantitative estimate of drug-likeness (QED) is 0.479. The molecular formula is C6H3ClF3N. The van der Waals surface area contributed by atoms with Crippen molar-refractivity contribution in [3.63, 3.8) is 0 Å². The van der Waals surface area contributed by atoms with Gasteiger partial charge in [-0.2, -0.15) is 13.2 Å². The summed E-state index contributed by atoms with van der Waals surface area (Å²) >= 11 is 4.62. The first-order chi connectivity index (χ1) is 5.00. The Morgan fingerprint density at radius 3 is 2.36 bits per heavy atom. The van der Waals surface area contributed by atoms with Gasteiger partial charge in [0.05, 0.1) is 5.56 Å². The number of hydrogen-bond donors (Lipinski definition) is 0. The van der Waals surface area contributed by atoms with E-state index in [1.54, 1.807) is 0 Å². The summed E-state index contributed by atoms with van der Waals surface area (Å²) in [4.78, 5) is 3.01. The first-order valence-electron chi connectivity index (χ1n) is 2.69. The van der Waals surface area contributed by atoms with Crippen LogP contribution in [0, 0.1) is 5.95 Å². The maximum atomic E-state index is 12.2. The summed E-state index contributed by atoms with van der Waals surface area (Å²) in [5.41, 5.74) is -0.513. The fourth-order valence-corrected chi connectivity index (χ4v) is 0.655. The molecule has 0 saturated heterocycles. The molecule has 0 spiro atoms. The van der Waals surface area contributed by atoms with Crippen molar-refractivity contribution in [2.75, 3.05) is 0 Å². The van der Waals surface area contributed by atoms with Gasteiger partial charge in [0.1, 0.15) is 0 Å². The van der Waals surface area contributed by atoms with Gasteiger partial charge in [-0.1, -0.05) is 0 Å². The first-order valence-corrected chi connectivity index (χ1v) is 3.07. The molecule has 0 N–H and O–H groups in total. The molecule has 1 aromatic heterocycles. The minimum atomic E-state index is -3.47. The fourth-order valence-electron chi connectivity index (χ4n) is 0.544. The van der Waals surface area contributed by atoms with E-state index in [0.717, 1.165) is 12.1 Å². The smallest absolute Gasteiger partial charge is 0.228 e. The minimum Gasteiger partial charge on any atom is -0.228 e. The Bertz CT molecular complexity index is 241. The van der Waals surface area contributed by atoms with Crippen LogP contribution in [0.4, 0.5) is 13.2 Å². The Morgan fingerprint density at radius 1 is 1.36 bits per heavy atom. The first kappa shape index (κ1) is 8.33. The molecule has 5 heteroatoms. The highest BCUT2D eigenvalue weighted by Crippen LogP contribution is 2.31. The zero-order valence-electron chi connectivity index (χ0n) is 5.19. The van der Waals surface area contributed by atoms with Crippen molar-refractivity contribution in [3.05, 3.63) is 29.8 Å². The molecule has 0 aromatic carbocycles. The van der Waals surface area contributed by atoms with Crippen molar-refractivity contribution in [1.29, 1.82) is 0 Å². The molecule has 0 atom stereocenters. The summed E-state index contributed by atoms with van der Waals surface area (Å²) < 4.78 is 36.5. The molecule has 1 nitrogen and oxygen atoms in total. The van der Waals surface area contributed by atoms with E-state index in [4.69, 9.17) is 0 Å². The molecule has 60 valence electrons. The SMILES string of the molecule is Fc1ccc(C(F)(F)Cl)cn1. The Morgan fingerprint density at radius 2 is 2.00 bits per heavy atom. The summed E-state index contributed by atoms with van der Waals surface area (Å²) in [7, 11) is 0. The van der Waals surface area contributed by atoms with E-state index in [1.807, 2.05) is 0 Å². The second-order valence-corrected chi connectivity index (χ2v) is 2.34. The van der Waals surface area contributed by atoms with E-state index < -0.39 is 16.9 Å². The molecule has 1 heterocycles. The Hall–Kier alpha value is -0.770. The zero-order chi connectivity index (χ0) is 8.48. The largest absolute Gasteiger partial charge is 0.349 e. The fraction of sp³-hybridized carbons (Fsp3) is 0.167. The molecular weight excluding hydrogens is 179 g/mol. The van der Waals surface area contributed by atoms with Crippen molar-refractivity contribution in [2.45, 2.75) is 5.38 Å². The number of hydrogen-bond acceptors (Lipinski definition) is 1. The highest BCUT2D eigenvalue weighted by atomic mass is 35.5. The van der Waals surface area contributed by atoms with Crippen molar-refractivity contribution in [3.8, 4) is 0 Å². The lowest BCUT2D eigenvalue weighted by Crippen LogP contribution is -2.03. The van der Waals surface area contributed by atoms with E-state index in [1.165, 1.54) is 0 Å². The van der Waals surface area contributed by atoms with Gasteiger partial charge in [-0.25, -0.2) is 4.98 Å². The molecule has 1 aromatic rings. The van der Waals surface area contributed by atoms with Crippen molar-refractivity contribution < 1.29 is 13.2 Å². The second kappa shape index (κ2) is 2.70. The summed E-state index contributed by atoms with van der Waals surface area (Å²) in [6.07, 6.45) is 0.697. The molecule has 0 aliphatic heterocycles. The van der Waals surface area contributed by atoms with Crippen LogP contribution < -0.4 is 0 Å².